The Hall–Kier alpha value is -0.310. The molecule has 0 aromatic carbocycles. The SMILES string of the molecule is Cn1cnc(C2CCC(Br)C2)c1. The van der Waals surface area contributed by atoms with Crippen molar-refractivity contribution in [1.82, 2.24) is 9.55 Å². The van der Waals surface area contributed by atoms with Gasteiger partial charge in [0, 0.05) is 24.0 Å². The summed E-state index contributed by atoms with van der Waals surface area (Å²) in [6.07, 6.45) is 7.85. The molecule has 0 spiro atoms. The number of aryl methyl sites for hydroxylation is 1. The van der Waals surface area contributed by atoms with Gasteiger partial charge in [0.1, 0.15) is 0 Å². The first-order valence-corrected chi connectivity index (χ1v) is 5.29. The minimum Gasteiger partial charge on any atom is -0.340 e. The Morgan fingerprint density at radius 3 is 2.92 bits per heavy atom. The quantitative estimate of drug-likeness (QED) is 0.676. The van der Waals surface area contributed by atoms with E-state index in [2.05, 4.69) is 27.1 Å². The lowest BCUT2D eigenvalue weighted by Crippen LogP contribution is -1.94. The topological polar surface area (TPSA) is 17.8 Å². The molecule has 66 valence electrons. The van der Waals surface area contributed by atoms with Gasteiger partial charge < -0.3 is 4.57 Å². The molecule has 0 saturated heterocycles. The highest BCUT2D eigenvalue weighted by Gasteiger charge is 2.25. The number of hydrogen-bond acceptors (Lipinski definition) is 1. The van der Waals surface area contributed by atoms with Crippen LogP contribution in [0.1, 0.15) is 30.9 Å². The summed E-state index contributed by atoms with van der Waals surface area (Å²) in [4.78, 5) is 5.09. The molecular weight excluding hydrogens is 216 g/mol. The van der Waals surface area contributed by atoms with Gasteiger partial charge in [0.2, 0.25) is 0 Å². The van der Waals surface area contributed by atoms with Crippen LogP contribution in [0.4, 0.5) is 0 Å². The van der Waals surface area contributed by atoms with Crippen molar-refractivity contribution in [2.24, 2.45) is 7.05 Å². The van der Waals surface area contributed by atoms with E-state index in [1.165, 1.54) is 25.0 Å². The zero-order chi connectivity index (χ0) is 8.55. The molecule has 2 nitrogen and oxygen atoms in total. The van der Waals surface area contributed by atoms with Gasteiger partial charge in [-0.1, -0.05) is 15.9 Å². The van der Waals surface area contributed by atoms with Gasteiger partial charge in [-0.05, 0) is 19.3 Å². The van der Waals surface area contributed by atoms with E-state index in [1.807, 2.05) is 17.9 Å². The molecule has 0 bridgehead atoms. The van der Waals surface area contributed by atoms with E-state index < -0.39 is 0 Å². The zero-order valence-corrected chi connectivity index (χ0v) is 8.79. The maximum Gasteiger partial charge on any atom is 0.0946 e. The van der Waals surface area contributed by atoms with Crippen molar-refractivity contribution < 1.29 is 0 Å². The van der Waals surface area contributed by atoms with Crippen LogP contribution in [0.15, 0.2) is 12.5 Å². The fraction of sp³-hybridized carbons (Fsp3) is 0.667. The third-order valence-corrected chi connectivity index (χ3v) is 3.34. The van der Waals surface area contributed by atoms with E-state index in [4.69, 9.17) is 0 Å². The second-order valence-corrected chi connectivity index (χ2v) is 4.87. The Morgan fingerprint density at radius 2 is 2.42 bits per heavy atom. The normalized spacial score (nSPS) is 29.5. The third kappa shape index (κ3) is 1.56. The highest BCUT2D eigenvalue weighted by molar-refractivity contribution is 9.09. The maximum absolute atomic E-state index is 4.37. The Kier molecular flexibility index (Phi) is 2.22. The summed E-state index contributed by atoms with van der Waals surface area (Å²) in [5.41, 5.74) is 1.26. The molecule has 0 aliphatic heterocycles. The maximum atomic E-state index is 4.37. The number of halogens is 1. The van der Waals surface area contributed by atoms with Crippen LogP contribution in [-0.2, 0) is 7.05 Å². The van der Waals surface area contributed by atoms with Gasteiger partial charge in [0.15, 0.2) is 0 Å². The van der Waals surface area contributed by atoms with E-state index in [0.717, 1.165) is 0 Å². The molecule has 1 aromatic rings. The second kappa shape index (κ2) is 3.21. The molecule has 2 rings (SSSR count). The fourth-order valence-electron chi connectivity index (χ4n) is 1.84. The lowest BCUT2D eigenvalue weighted by atomic mass is 10.1. The van der Waals surface area contributed by atoms with Crippen LogP contribution in [0.2, 0.25) is 0 Å². The molecule has 1 aliphatic carbocycles. The average molecular weight is 229 g/mol. The van der Waals surface area contributed by atoms with Crippen LogP contribution in [0.5, 0.6) is 0 Å². The Morgan fingerprint density at radius 1 is 1.58 bits per heavy atom. The lowest BCUT2D eigenvalue weighted by Gasteiger charge is -2.03. The van der Waals surface area contributed by atoms with Gasteiger partial charge in [-0.3, -0.25) is 0 Å². The van der Waals surface area contributed by atoms with Crippen molar-refractivity contribution in [3.63, 3.8) is 0 Å². The molecule has 2 unspecified atom stereocenters. The van der Waals surface area contributed by atoms with E-state index in [0.29, 0.717) is 10.7 Å². The minimum absolute atomic E-state index is 0.690. The molecular formula is C9H13BrN2. The van der Waals surface area contributed by atoms with Crippen LogP contribution in [0.25, 0.3) is 0 Å². The molecule has 12 heavy (non-hydrogen) atoms. The molecule has 0 N–H and O–H groups in total. The summed E-state index contributed by atoms with van der Waals surface area (Å²) in [6.45, 7) is 0. The number of alkyl halides is 1. The Bertz CT molecular complexity index is 269. The lowest BCUT2D eigenvalue weighted by molar-refractivity contribution is 0.703. The van der Waals surface area contributed by atoms with Gasteiger partial charge in [-0.15, -0.1) is 0 Å². The van der Waals surface area contributed by atoms with Gasteiger partial charge in [-0.25, -0.2) is 4.98 Å². The summed E-state index contributed by atoms with van der Waals surface area (Å²) in [6, 6.07) is 0. The molecule has 3 heteroatoms. The fourth-order valence-corrected chi connectivity index (χ4v) is 2.55. The number of rotatable bonds is 1. The first-order valence-electron chi connectivity index (χ1n) is 4.37. The highest BCUT2D eigenvalue weighted by Crippen LogP contribution is 2.36. The monoisotopic (exact) mass is 228 g/mol. The summed E-state index contributed by atoms with van der Waals surface area (Å²) >= 11 is 3.65. The van der Waals surface area contributed by atoms with Gasteiger partial charge in [0.25, 0.3) is 0 Å². The zero-order valence-electron chi connectivity index (χ0n) is 7.20. The van der Waals surface area contributed by atoms with Crippen molar-refractivity contribution in [1.29, 1.82) is 0 Å². The summed E-state index contributed by atoms with van der Waals surface area (Å²) < 4.78 is 2.02. The third-order valence-electron chi connectivity index (χ3n) is 2.51. The molecule has 1 aliphatic rings. The van der Waals surface area contributed by atoms with Crippen LogP contribution in [0.3, 0.4) is 0 Å². The molecule has 0 radical (unpaired) electrons. The molecule has 1 saturated carbocycles. The first-order chi connectivity index (χ1) is 5.75. The average Bonchev–Trinajstić information content (AvgIpc) is 2.58. The minimum atomic E-state index is 0.690. The summed E-state index contributed by atoms with van der Waals surface area (Å²) in [5, 5.41) is 0. The van der Waals surface area contributed by atoms with E-state index in [9.17, 15) is 0 Å². The Labute approximate surface area is 81.1 Å². The van der Waals surface area contributed by atoms with Gasteiger partial charge in [0.05, 0.1) is 12.0 Å². The van der Waals surface area contributed by atoms with Crippen LogP contribution in [0, 0.1) is 0 Å². The molecule has 1 fully saturated rings. The Balaban J connectivity index is 2.11. The van der Waals surface area contributed by atoms with Crippen molar-refractivity contribution in [2.45, 2.75) is 30.0 Å². The summed E-state index contributed by atoms with van der Waals surface area (Å²) in [5.74, 6) is 0.690. The van der Waals surface area contributed by atoms with Crippen molar-refractivity contribution in [3.8, 4) is 0 Å². The molecule has 1 heterocycles. The van der Waals surface area contributed by atoms with E-state index >= 15 is 0 Å². The molecule has 1 aromatic heterocycles. The van der Waals surface area contributed by atoms with Crippen molar-refractivity contribution in [3.05, 3.63) is 18.2 Å². The van der Waals surface area contributed by atoms with Crippen LogP contribution in [-0.4, -0.2) is 14.4 Å². The standard InChI is InChI=1S/C9H13BrN2/c1-12-5-9(11-6-12)7-2-3-8(10)4-7/h5-8H,2-4H2,1H3. The van der Waals surface area contributed by atoms with E-state index in [-0.39, 0.29) is 0 Å². The van der Waals surface area contributed by atoms with Gasteiger partial charge >= 0.3 is 0 Å². The number of aromatic nitrogens is 2. The number of nitrogens with zero attached hydrogens (tertiary/aromatic N) is 2. The number of hydrogen-bond donors (Lipinski definition) is 0. The van der Waals surface area contributed by atoms with Crippen LogP contribution < -0.4 is 0 Å². The predicted octanol–water partition coefficient (Wildman–Crippen LogP) is 2.45. The molecule has 0 amide bonds. The number of imidazole rings is 1. The smallest absolute Gasteiger partial charge is 0.0946 e. The largest absolute Gasteiger partial charge is 0.340 e. The summed E-state index contributed by atoms with van der Waals surface area (Å²) in [7, 11) is 2.02. The van der Waals surface area contributed by atoms with Gasteiger partial charge in [-0.2, -0.15) is 0 Å². The molecule has 2 atom stereocenters. The predicted molar refractivity (Wildman–Crippen MR) is 52.5 cm³/mol. The highest BCUT2D eigenvalue weighted by atomic mass is 79.9. The first kappa shape index (κ1) is 8.30. The van der Waals surface area contributed by atoms with Crippen molar-refractivity contribution in [2.75, 3.05) is 0 Å². The van der Waals surface area contributed by atoms with E-state index in [1.54, 1.807) is 0 Å². The second-order valence-electron chi connectivity index (χ2n) is 3.57. The van der Waals surface area contributed by atoms with Crippen LogP contribution >= 0.6 is 15.9 Å². The van der Waals surface area contributed by atoms with Crippen molar-refractivity contribution >= 4 is 15.9 Å².